The van der Waals surface area contributed by atoms with Gasteiger partial charge in [-0.3, -0.25) is 0 Å². The van der Waals surface area contributed by atoms with Gasteiger partial charge in [0.15, 0.2) is 6.61 Å². The topological polar surface area (TPSA) is 116 Å². The van der Waals surface area contributed by atoms with Crippen LogP contribution in [0.5, 0.6) is 0 Å². The van der Waals surface area contributed by atoms with E-state index in [0.29, 0.717) is 49.8 Å². The van der Waals surface area contributed by atoms with Crippen LogP contribution in [-0.4, -0.2) is 63.1 Å². The fourth-order valence-electron chi connectivity index (χ4n) is 3.87. The number of sulfonamides is 1. The zero-order valence-electron chi connectivity index (χ0n) is 17.7. The van der Waals surface area contributed by atoms with Crippen molar-refractivity contribution in [1.82, 2.24) is 9.29 Å². The molecular weight excluding hydrogens is 436 g/mol. The first-order valence-corrected chi connectivity index (χ1v) is 12.1. The molecular formula is C21H26N4O6S. The van der Waals surface area contributed by atoms with Crippen molar-refractivity contribution >= 4 is 21.7 Å². The third-order valence-corrected chi connectivity index (χ3v) is 7.50. The van der Waals surface area contributed by atoms with Gasteiger partial charge in [-0.25, -0.2) is 17.9 Å². The van der Waals surface area contributed by atoms with E-state index in [1.165, 1.54) is 34.9 Å². The first kappa shape index (κ1) is 22.4. The second kappa shape index (κ2) is 9.80. The van der Waals surface area contributed by atoms with Crippen LogP contribution in [0.3, 0.4) is 0 Å². The smallest absolute Gasteiger partial charge is 0.340 e. The Morgan fingerprint density at radius 2 is 1.91 bits per heavy atom. The third-order valence-electron chi connectivity index (χ3n) is 5.61. The highest BCUT2D eigenvalue weighted by atomic mass is 32.2. The van der Waals surface area contributed by atoms with Crippen molar-refractivity contribution in [2.45, 2.75) is 30.8 Å². The molecule has 0 spiro atoms. The number of aromatic nitrogens is 2. The highest BCUT2D eigenvalue weighted by Gasteiger charge is 2.29. The van der Waals surface area contributed by atoms with Gasteiger partial charge in [0.2, 0.25) is 10.0 Å². The molecule has 11 heteroatoms. The number of piperidine rings is 1. The largest absolute Gasteiger partial charge is 0.711 e. The Labute approximate surface area is 187 Å². The van der Waals surface area contributed by atoms with E-state index in [4.69, 9.17) is 9.47 Å². The highest BCUT2D eigenvalue weighted by Crippen LogP contribution is 2.28. The Kier molecular flexibility index (Phi) is 6.87. The molecule has 1 aromatic carbocycles. The molecule has 0 unspecified atom stereocenters. The fourth-order valence-corrected chi connectivity index (χ4v) is 5.41. The Bertz CT molecular complexity index is 1070. The number of nitrogens with zero attached hydrogens (tertiary/aromatic N) is 4. The maximum atomic E-state index is 13.2. The van der Waals surface area contributed by atoms with Gasteiger partial charge in [0.1, 0.15) is 6.20 Å². The second-order valence-corrected chi connectivity index (χ2v) is 9.62. The van der Waals surface area contributed by atoms with Crippen LogP contribution in [0, 0.1) is 5.21 Å². The van der Waals surface area contributed by atoms with E-state index in [9.17, 15) is 18.4 Å². The first-order valence-electron chi connectivity index (χ1n) is 10.6. The van der Waals surface area contributed by atoms with Crippen molar-refractivity contribution in [1.29, 1.82) is 0 Å². The predicted molar refractivity (Wildman–Crippen MR) is 114 cm³/mol. The number of carbonyl (C=O) groups is 1. The van der Waals surface area contributed by atoms with Crippen LogP contribution in [-0.2, 0) is 26.1 Å². The van der Waals surface area contributed by atoms with Crippen LogP contribution in [0.2, 0.25) is 0 Å². The Balaban J connectivity index is 1.64. The average molecular weight is 463 g/mol. The van der Waals surface area contributed by atoms with Gasteiger partial charge in [-0.15, -0.1) is 0 Å². The molecule has 0 radical (unpaired) electrons. The molecule has 2 aliphatic rings. The van der Waals surface area contributed by atoms with Crippen LogP contribution in [0.4, 0.5) is 5.69 Å². The predicted octanol–water partition coefficient (Wildman–Crippen LogP) is 1.08. The van der Waals surface area contributed by atoms with Crippen molar-refractivity contribution < 1.29 is 27.4 Å². The molecule has 0 bridgehead atoms. The summed E-state index contributed by atoms with van der Waals surface area (Å²) in [6, 6.07) is 6.04. The van der Waals surface area contributed by atoms with Crippen LogP contribution in [0.25, 0.3) is 0 Å². The lowest BCUT2D eigenvalue weighted by Gasteiger charge is -2.31. The van der Waals surface area contributed by atoms with E-state index in [1.54, 1.807) is 6.07 Å². The lowest BCUT2D eigenvalue weighted by Crippen LogP contribution is -2.38. The second-order valence-electron chi connectivity index (χ2n) is 7.68. The molecule has 2 fully saturated rings. The fraction of sp³-hybridized carbons (Fsp3) is 0.476. The average Bonchev–Trinajstić information content (AvgIpc) is 2.84. The van der Waals surface area contributed by atoms with E-state index < -0.39 is 16.0 Å². The molecule has 32 heavy (non-hydrogen) atoms. The summed E-state index contributed by atoms with van der Waals surface area (Å²) < 4.78 is 39.0. The van der Waals surface area contributed by atoms with E-state index in [2.05, 4.69) is 4.98 Å². The summed E-state index contributed by atoms with van der Waals surface area (Å²) in [4.78, 5) is 19.0. The van der Waals surface area contributed by atoms with Crippen molar-refractivity contribution in [3.63, 3.8) is 0 Å². The van der Waals surface area contributed by atoms with Gasteiger partial charge >= 0.3 is 11.8 Å². The van der Waals surface area contributed by atoms with Crippen molar-refractivity contribution in [3.05, 3.63) is 53.3 Å². The number of benzene rings is 1. The molecule has 4 rings (SSSR count). The molecule has 0 N–H and O–H groups in total. The Hall–Kier alpha value is -2.76. The zero-order valence-corrected chi connectivity index (χ0v) is 18.5. The highest BCUT2D eigenvalue weighted by molar-refractivity contribution is 7.89. The van der Waals surface area contributed by atoms with E-state index in [-0.39, 0.29) is 22.9 Å². The normalized spacial score (nSPS) is 17.8. The van der Waals surface area contributed by atoms with Gasteiger partial charge in [-0.1, -0.05) is 6.42 Å². The van der Waals surface area contributed by atoms with Gasteiger partial charge in [-0.2, -0.15) is 4.31 Å². The van der Waals surface area contributed by atoms with E-state index in [0.717, 1.165) is 19.3 Å². The molecule has 10 nitrogen and oxygen atoms in total. The number of hydrogen-bond donors (Lipinski definition) is 0. The Morgan fingerprint density at radius 3 is 2.62 bits per heavy atom. The number of hydrogen-bond acceptors (Lipinski definition) is 8. The number of ether oxygens (including phenoxy) is 2. The van der Waals surface area contributed by atoms with Gasteiger partial charge in [0.25, 0.3) is 0 Å². The standard InChI is InChI=1S/C21H26N4O6S/c26-21(31-16-20-22-7-4-10-25(20)27)18-15-17(32(28,29)24-8-2-1-3-9-24)5-6-19(18)23-11-13-30-14-12-23/h4-7,10,15H,1-3,8-9,11-14,16H2. The molecule has 1 aromatic heterocycles. The number of carbonyl (C=O) groups excluding carboxylic acids is 1. The number of esters is 1. The lowest BCUT2D eigenvalue weighted by molar-refractivity contribution is -0.620. The minimum absolute atomic E-state index is 0.0332. The quantitative estimate of drug-likeness (QED) is 0.356. The summed E-state index contributed by atoms with van der Waals surface area (Å²) in [5.41, 5.74) is 0.713. The van der Waals surface area contributed by atoms with E-state index >= 15 is 0 Å². The lowest BCUT2D eigenvalue weighted by atomic mass is 10.1. The maximum Gasteiger partial charge on any atom is 0.340 e. The van der Waals surface area contributed by atoms with Gasteiger partial charge in [0, 0.05) is 32.2 Å². The molecule has 2 saturated heterocycles. The van der Waals surface area contributed by atoms with Crippen LogP contribution >= 0.6 is 0 Å². The number of anilines is 1. The molecule has 2 aromatic rings. The Morgan fingerprint density at radius 1 is 1.16 bits per heavy atom. The molecule has 0 atom stereocenters. The molecule has 0 amide bonds. The summed E-state index contributed by atoms with van der Waals surface area (Å²) in [5.74, 6) is -0.682. The summed E-state index contributed by atoms with van der Waals surface area (Å²) >= 11 is 0. The molecule has 172 valence electrons. The maximum absolute atomic E-state index is 13.2. The minimum Gasteiger partial charge on any atom is -0.711 e. The molecule has 3 heterocycles. The first-order chi connectivity index (χ1) is 15.5. The summed E-state index contributed by atoms with van der Waals surface area (Å²) in [6.07, 6.45) is 5.34. The molecule has 0 aliphatic carbocycles. The van der Waals surface area contributed by atoms with E-state index in [1.807, 2.05) is 4.90 Å². The van der Waals surface area contributed by atoms with Crippen LogP contribution in [0.15, 0.2) is 41.6 Å². The van der Waals surface area contributed by atoms with Crippen LogP contribution < -0.4 is 9.63 Å². The minimum atomic E-state index is -3.72. The van der Waals surface area contributed by atoms with Gasteiger partial charge in [0.05, 0.1) is 35.6 Å². The molecule has 2 aliphatic heterocycles. The number of rotatable bonds is 6. The SMILES string of the molecule is O=C(OCc1nccc[n+]1[O-])c1cc(S(=O)(=O)N2CCCCC2)ccc1N1CCOCC1. The van der Waals surface area contributed by atoms with Gasteiger partial charge < -0.3 is 19.6 Å². The van der Waals surface area contributed by atoms with Crippen molar-refractivity contribution in [3.8, 4) is 0 Å². The van der Waals surface area contributed by atoms with Crippen molar-refractivity contribution in [2.75, 3.05) is 44.3 Å². The van der Waals surface area contributed by atoms with Gasteiger partial charge in [-0.05, 0) is 36.0 Å². The van der Waals surface area contributed by atoms with Crippen molar-refractivity contribution in [2.24, 2.45) is 0 Å². The number of morpholine rings is 1. The zero-order chi connectivity index (χ0) is 22.6. The summed E-state index contributed by atoms with van der Waals surface area (Å²) in [6.45, 7) is 2.76. The monoisotopic (exact) mass is 462 g/mol. The summed E-state index contributed by atoms with van der Waals surface area (Å²) in [7, 11) is -3.72. The third kappa shape index (κ3) is 4.84. The summed E-state index contributed by atoms with van der Waals surface area (Å²) in [5, 5.41) is 11.8. The molecule has 0 saturated carbocycles. The van der Waals surface area contributed by atoms with Crippen LogP contribution in [0.1, 0.15) is 35.4 Å².